The van der Waals surface area contributed by atoms with E-state index in [2.05, 4.69) is 61.0 Å². The van der Waals surface area contributed by atoms with Crippen LogP contribution in [-0.2, 0) is 0 Å². The van der Waals surface area contributed by atoms with Crippen LogP contribution in [0.1, 0.15) is 51.4 Å². The largest absolute Gasteiger partial charge is 0.354 e. The zero-order chi connectivity index (χ0) is 14.4. The molecule has 0 bridgehead atoms. The molecule has 4 heteroatoms. The van der Waals surface area contributed by atoms with E-state index in [-0.39, 0.29) is 0 Å². The Morgan fingerprint density at radius 2 is 1.89 bits per heavy atom. The van der Waals surface area contributed by atoms with E-state index >= 15 is 0 Å². The molecule has 1 aromatic heterocycles. The van der Waals surface area contributed by atoms with Crippen molar-refractivity contribution >= 4 is 5.95 Å². The molecule has 1 heterocycles. The molecule has 0 aromatic carbocycles. The van der Waals surface area contributed by atoms with Crippen molar-refractivity contribution in [2.75, 3.05) is 25.5 Å². The normalized spacial score (nSPS) is 11.6. The lowest BCUT2D eigenvalue weighted by atomic mass is 10.1. The first kappa shape index (κ1) is 15.9. The number of aromatic nitrogens is 2. The maximum absolute atomic E-state index is 4.55. The second-order valence-electron chi connectivity index (χ2n) is 5.77. The van der Waals surface area contributed by atoms with E-state index in [0.717, 1.165) is 36.8 Å². The number of nitrogens with zero attached hydrogens (tertiary/aromatic N) is 3. The molecule has 1 rings (SSSR count). The van der Waals surface area contributed by atoms with Gasteiger partial charge in [0.2, 0.25) is 5.95 Å². The molecule has 0 saturated heterocycles. The minimum absolute atomic E-state index is 0.439. The summed E-state index contributed by atoms with van der Waals surface area (Å²) in [6.45, 7) is 12.8. The Labute approximate surface area is 117 Å². The Morgan fingerprint density at radius 1 is 1.21 bits per heavy atom. The number of nitrogens with one attached hydrogen (secondary N) is 1. The summed E-state index contributed by atoms with van der Waals surface area (Å²) in [5.41, 5.74) is 2.13. The first-order chi connectivity index (χ1) is 8.90. The van der Waals surface area contributed by atoms with Crippen LogP contribution in [0.2, 0.25) is 0 Å². The first-order valence-corrected chi connectivity index (χ1v) is 7.20. The van der Waals surface area contributed by atoms with Gasteiger partial charge in [0.25, 0.3) is 0 Å². The smallest absolute Gasteiger partial charge is 0.223 e. The highest BCUT2D eigenvalue weighted by atomic mass is 15.1. The SMILES string of the molecule is Cc1cc(C(C)C)nc(NCCCN(C)C(C)C)n1. The molecule has 0 saturated carbocycles. The van der Waals surface area contributed by atoms with Gasteiger partial charge in [-0.3, -0.25) is 0 Å². The van der Waals surface area contributed by atoms with E-state index in [9.17, 15) is 0 Å². The molecule has 0 aliphatic rings. The molecule has 1 aromatic rings. The molecule has 0 unspecified atom stereocenters. The first-order valence-electron chi connectivity index (χ1n) is 7.20. The van der Waals surface area contributed by atoms with Gasteiger partial charge in [-0.05, 0) is 52.8 Å². The Balaban J connectivity index is 2.45. The van der Waals surface area contributed by atoms with Gasteiger partial charge in [0.15, 0.2) is 0 Å². The van der Waals surface area contributed by atoms with Crippen LogP contribution in [0.5, 0.6) is 0 Å². The molecule has 4 nitrogen and oxygen atoms in total. The van der Waals surface area contributed by atoms with Crippen molar-refractivity contribution in [2.24, 2.45) is 0 Å². The van der Waals surface area contributed by atoms with E-state index in [0.29, 0.717) is 12.0 Å². The number of hydrogen-bond acceptors (Lipinski definition) is 4. The van der Waals surface area contributed by atoms with Gasteiger partial charge in [0.05, 0.1) is 0 Å². The molecule has 19 heavy (non-hydrogen) atoms. The second-order valence-corrected chi connectivity index (χ2v) is 5.77. The number of anilines is 1. The van der Waals surface area contributed by atoms with Gasteiger partial charge in [0.1, 0.15) is 0 Å². The molecule has 0 amide bonds. The maximum atomic E-state index is 4.55. The summed E-state index contributed by atoms with van der Waals surface area (Å²) < 4.78 is 0. The molecule has 0 fully saturated rings. The summed E-state index contributed by atoms with van der Waals surface area (Å²) in [7, 11) is 2.16. The van der Waals surface area contributed by atoms with Gasteiger partial charge in [-0.1, -0.05) is 13.8 Å². The zero-order valence-corrected chi connectivity index (χ0v) is 13.2. The summed E-state index contributed by atoms with van der Waals surface area (Å²) in [6, 6.07) is 2.66. The molecule has 0 spiro atoms. The van der Waals surface area contributed by atoms with E-state index in [4.69, 9.17) is 0 Å². The molecule has 108 valence electrons. The molecule has 0 atom stereocenters. The highest BCUT2D eigenvalue weighted by molar-refractivity contribution is 5.28. The van der Waals surface area contributed by atoms with Gasteiger partial charge >= 0.3 is 0 Å². The average Bonchev–Trinajstić information content (AvgIpc) is 2.33. The molecule has 0 aliphatic carbocycles. The molecule has 0 aliphatic heterocycles. The summed E-state index contributed by atoms with van der Waals surface area (Å²) in [4.78, 5) is 11.3. The van der Waals surface area contributed by atoms with Crippen LogP contribution in [-0.4, -0.2) is 41.0 Å². The van der Waals surface area contributed by atoms with Crippen molar-refractivity contribution in [3.05, 3.63) is 17.5 Å². The van der Waals surface area contributed by atoms with E-state index in [1.807, 2.05) is 6.92 Å². The summed E-state index contributed by atoms with van der Waals surface area (Å²) >= 11 is 0. The van der Waals surface area contributed by atoms with Crippen molar-refractivity contribution in [2.45, 2.75) is 53.0 Å². The third-order valence-electron chi connectivity index (χ3n) is 3.32. The fourth-order valence-electron chi connectivity index (χ4n) is 1.75. The number of rotatable bonds is 7. The number of aryl methyl sites for hydroxylation is 1. The lowest BCUT2D eigenvalue weighted by molar-refractivity contribution is 0.273. The van der Waals surface area contributed by atoms with Crippen molar-refractivity contribution < 1.29 is 0 Å². The van der Waals surface area contributed by atoms with Crippen molar-refractivity contribution in [3.63, 3.8) is 0 Å². The Kier molecular flexibility index (Phi) is 6.22. The highest BCUT2D eigenvalue weighted by Crippen LogP contribution is 2.14. The van der Waals surface area contributed by atoms with Gasteiger partial charge < -0.3 is 10.2 Å². The van der Waals surface area contributed by atoms with Gasteiger partial charge in [-0.15, -0.1) is 0 Å². The van der Waals surface area contributed by atoms with Crippen LogP contribution in [0.4, 0.5) is 5.95 Å². The summed E-state index contributed by atoms with van der Waals surface area (Å²) in [6.07, 6.45) is 1.10. The second kappa shape index (κ2) is 7.43. The molecule has 1 N–H and O–H groups in total. The van der Waals surface area contributed by atoms with E-state index < -0.39 is 0 Å². The van der Waals surface area contributed by atoms with Gasteiger partial charge in [-0.25, -0.2) is 9.97 Å². The highest BCUT2D eigenvalue weighted by Gasteiger charge is 2.06. The van der Waals surface area contributed by atoms with Gasteiger partial charge in [-0.2, -0.15) is 0 Å². The molecule has 0 radical (unpaired) electrons. The van der Waals surface area contributed by atoms with Crippen LogP contribution in [0, 0.1) is 6.92 Å². The average molecular weight is 264 g/mol. The number of hydrogen-bond donors (Lipinski definition) is 1. The fourth-order valence-corrected chi connectivity index (χ4v) is 1.75. The van der Waals surface area contributed by atoms with Crippen molar-refractivity contribution in [1.82, 2.24) is 14.9 Å². The van der Waals surface area contributed by atoms with Crippen LogP contribution >= 0.6 is 0 Å². The fraction of sp³-hybridized carbons (Fsp3) is 0.733. The zero-order valence-electron chi connectivity index (χ0n) is 13.2. The predicted octanol–water partition coefficient (Wildman–Crippen LogP) is 3.05. The van der Waals surface area contributed by atoms with Crippen molar-refractivity contribution in [3.8, 4) is 0 Å². The quantitative estimate of drug-likeness (QED) is 0.769. The Bertz CT molecular complexity index is 388. The van der Waals surface area contributed by atoms with Crippen LogP contribution in [0.25, 0.3) is 0 Å². The lowest BCUT2D eigenvalue weighted by Crippen LogP contribution is -2.28. The maximum Gasteiger partial charge on any atom is 0.223 e. The Hall–Kier alpha value is -1.16. The summed E-state index contributed by atoms with van der Waals surface area (Å²) in [5, 5.41) is 3.33. The molecular weight excluding hydrogens is 236 g/mol. The van der Waals surface area contributed by atoms with E-state index in [1.165, 1.54) is 0 Å². The standard InChI is InChI=1S/C15H28N4/c1-11(2)14-10-13(5)17-15(18-14)16-8-7-9-19(6)12(3)4/h10-12H,7-9H2,1-6H3,(H,16,17,18). The van der Waals surface area contributed by atoms with Crippen molar-refractivity contribution in [1.29, 1.82) is 0 Å². The third kappa shape index (κ3) is 5.55. The monoisotopic (exact) mass is 264 g/mol. The predicted molar refractivity (Wildman–Crippen MR) is 81.7 cm³/mol. The topological polar surface area (TPSA) is 41.1 Å². The molecular formula is C15H28N4. The summed E-state index contributed by atoms with van der Waals surface area (Å²) in [5.74, 6) is 1.20. The Morgan fingerprint density at radius 3 is 2.47 bits per heavy atom. The van der Waals surface area contributed by atoms with Crippen LogP contribution < -0.4 is 5.32 Å². The van der Waals surface area contributed by atoms with Gasteiger partial charge in [0, 0.05) is 24.0 Å². The van der Waals surface area contributed by atoms with Crippen LogP contribution in [0.3, 0.4) is 0 Å². The minimum atomic E-state index is 0.439. The lowest BCUT2D eigenvalue weighted by Gasteiger charge is -2.20. The van der Waals surface area contributed by atoms with Crippen LogP contribution in [0.15, 0.2) is 6.07 Å². The van der Waals surface area contributed by atoms with E-state index in [1.54, 1.807) is 0 Å². The third-order valence-corrected chi connectivity index (χ3v) is 3.32. The minimum Gasteiger partial charge on any atom is -0.354 e.